The maximum atomic E-state index is 2.22. The smallest absolute Gasteiger partial charge is 0 e. The van der Waals surface area contributed by atoms with Gasteiger partial charge in [-0.1, -0.05) is 51.1 Å². The average molecular weight is 388 g/mol. The molecule has 1 aromatic carbocycles. The molecule has 0 heterocycles. The van der Waals surface area contributed by atoms with Crippen LogP contribution < -0.4 is 0 Å². The van der Waals surface area contributed by atoms with E-state index in [0.717, 1.165) is 0 Å². The van der Waals surface area contributed by atoms with E-state index in [1.54, 1.807) is 0 Å². The van der Waals surface area contributed by atoms with Crippen molar-refractivity contribution in [2.24, 2.45) is 0 Å². The molecule has 1 rings (SSSR count). The molecule has 0 amide bonds. The number of hydrogen-bond acceptors (Lipinski definition) is 0. The van der Waals surface area contributed by atoms with Gasteiger partial charge in [0, 0.05) is 37.2 Å². The molecule has 0 aromatic heterocycles. The fourth-order valence-corrected chi connectivity index (χ4v) is 0.938. The highest BCUT2D eigenvalue weighted by Gasteiger charge is 2.11. The minimum atomic E-state index is 0.293. The lowest BCUT2D eigenvalue weighted by molar-refractivity contribution is 0.590. The second kappa shape index (κ2) is 6.18. The molecule has 0 radical (unpaired) electrons. The van der Waals surface area contributed by atoms with Crippen molar-refractivity contribution in [3.8, 4) is 0 Å². The van der Waals surface area contributed by atoms with Gasteiger partial charge in [-0.25, -0.2) is 0 Å². The predicted molar refractivity (Wildman–Crippen MR) is 73.2 cm³/mol. The van der Waals surface area contributed by atoms with Crippen molar-refractivity contribution in [2.45, 2.75) is 26.2 Å². The van der Waals surface area contributed by atoms with Crippen LogP contribution in [0.2, 0.25) is 0 Å². The van der Waals surface area contributed by atoms with Gasteiger partial charge in [0.15, 0.2) is 0 Å². The van der Waals surface area contributed by atoms with Crippen LogP contribution in [0.4, 0.5) is 0 Å². The fraction of sp³-hybridized carbons (Fsp3) is 0.400. The second-order valence-corrected chi connectivity index (χ2v) is 3.62. The minimum Gasteiger partial charge on any atom is -0.0622 e. The summed E-state index contributed by atoms with van der Waals surface area (Å²) in [4.78, 5) is 0. The molecule has 0 unspecified atom stereocenters. The molecule has 68 valence electrons. The Morgan fingerprint density at radius 2 is 1.33 bits per heavy atom. The van der Waals surface area contributed by atoms with Gasteiger partial charge >= 0.3 is 0 Å². The Bertz CT molecular complexity index is 199. The first-order valence-corrected chi connectivity index (χ1v) is 10.1. The van der Waals surface area contributed by atoms with Gasteiger partial charge < -0.3 is 0 Å². The second-order valence-electron chi connectivity index (χ2n) is 3.62. The highest BCUT2D eigenvalue weighted by Crippen LogP contribution is 2.20. The highest BCUT2D eigenvalue weighted by molar-refractivity contribution is 15.0. The molecule has 0 fully saturated rings. The van der Waals surface area contributed by atoms with Crippen molar-refractivity contribution >= 4 is 37.2 Å². The third kappa shape index (κ3) is 4.64. The maximum absolute atomic E-state index is 2.22. The Balaban J connectivity index is 0.000000561. The molecule has 0 nitrogen and oxygen atoms in total. The Morgan fingerprint density at radius 3 is 1.58 bits per heavy atom. The fourth-order valence-electron chi connectivity index (χ4n) is 0.938. The molecule has 2 heteroatoms. The molecule has 12 heavy (non-hydrogen) atoms. The van der Waals surface area contributed by atoms with E-state index in [4.69, 9.17) is 0 Å². The lowest BCUT2D eigenvalue weighted by Crippen LogP contribution is -2.10. The molecular weight excluding hydrogens is 374 g/mol. The Hall–Kier alpha value is 0.680. The summed E-state index contributed by atoms with van der Waals surface area (Å²) in [6, 6.07) is 10.6. The van der Waals surface area contributed by atoms with Gasteiger partial charge in [0.25, 0.3) is 0 Å². The lowest BCUT2D eigenvalue weighted by Gasteiger charge is -2.18. The van der Waals surface area contributed by atoms with E-state index < -0.39 is 0 Å². The van der Waals surface area contributed by atoms with Crippen molar-refractivity contribution in [3.05, 3.63) is 35.9 Å². The van der Waals surface area contributed by atoms with Crippen LogP contribution in [0.5, 0.6) is 0 Å². The maximum Gasteiger partial charge on any atom is 0 e. The molecular formula is C10H14I2. The zero-order valence-corrected chi connectivity index (χ0v) is 12.0. The van der Waals surface area contributed by atoms with Gasteiger partial charge in [0.1, 0.15) is 0 Å². The average Bonchev–Trinajstić information content (AvgIpc) is 2.08. The standard InChI is InChI=1S/C10H14.I2/c1-10(2,3)9-7-5-4-6-8-9;1-2/h4-8H,1-3H3;. The van der Waals surface area contributed by atoms with Crippen molar-refractivity contribution in [2.75, 3.05) is 0 Å². The molecule has 1 aromatic rings. The number of rotatable bonds is 0. The van der Waals surface area contributed by atoms with Crippen LogP contribution in [0.1, 0.15) is 26.3 Å². The summed E-state index contributed by atoms with van der Waals surface area (Å²) in [6.45, 7) is 6.67. The van der Waals surface area contributed by atoms with E-state index in [2.05, 4.69) is 88.3 Å². The Morgan fingerprint density at radius 1 is 0.917 bits per heavy atom. The molecule has 0 saturated carbocycles. The van der Waals surface area contributed by atoms with Gasteiger partial charge in [-0.05, 0) is 11.0 Å². The molecule has 0 spiro atoms. The molecule has 0 aliphatic heterocycles. The summed E-state index contributed by atoms with van der Waals surface area (Å²) in [5.41, 5.74) is 1.69. The first-order chi connectivity index (χ1) is 5.61. The van der Waals surface area contributed by atoms with Gasteiger partial charge in [-0.3, -0.25) is 0 Å². The normalized spacial score (nSPS) is 10.1. The molecule has 0 saturated heterocycles. The van der Waals surface area contributed by atoms with Crippen LogP contribution in [0.15, 0.2) is 30.3 Å². The Kier molecular flexibility index (Phi) is 6.53. The number of halogens is 2. The monoisotopic (exact) mass is 388 g/mol. The van der Waals surface area contributed by atoms with Crippen LogP contribution in [0, 0.1) is 0 Å². The van der Waals surface area contributed by atoms with Crippen molar-refractivity contribution in [1.82, 2.24) is 0 Å². The molecule has 0 aliphatic rings. The first kappa shape index (κ1) is 12.7. The largest absolute Gasteiger partial charge is 0.0622 e. The van der Waals surface area contributed by atoms with Crippen molar-refractivity contribution in [1.29, 1.82) is 0 Å². The van der Waals surface area contributed by atoms with Crippen LogP contribution in [0.3, 0.4) is 0 Å². The van der Waals surface area contributed by atoms with Gasteiger partial charge in [-0.2, -0.15) is 0 Å². The van der Waals surface area contributed by atoms with Crippen LogP contribution in [-0.2, 0) is 5.41 Å². The van der Waals surface area contributed by atoms with Crippen molar-refractivity contribution < 1.29 is 0 Å². The Labute approximate surface area is 98.5 Å². The van der Waals surface area contributed by atoms with Gasteiger partial charge in [-0.15, -0.1) is 0 Å². The van der Waals surface area contributed by atoms with E-state index in [1.807, 2.05) is 0 Å². The zero-order valence-electron chi connectivity index (χ0n) is 7.64. The topological polar surface area (TPSA) is 0 Å². The summed E-state index contributed by atoms with van der Waals surface area (Å²) >= 11 is 4.24. The quantitative estimate of drug-likeness (QED) is 0.563. The lowest BCUT2D eigenvalue weighted by atomic mass is 9.87. The molecule has 0 atom stereocenters. The molecule has 0 N–H and O–H groups in total. The summed E-state index contributed by atoms with van der Waals surface area (Å²) in [5.74, 6) is 0. The SMILES string of the molecule is CC(C)(C)c1ccccc1.II. The van der Waals surface area contributed by atoms with E-state index in [9.17, 15) is 0 Å². The van der Waals surface area contributed by atoms with E-state index >= 15 is 0 Å². The van der Waals surface area contributed by atoms with Gasteiger partial charge in [0.05, 0.1) is 0 Å². The molecule has 0 aliphatic carbocycles. The summed E-state index contributed by atoms with van der Waals surface area (Å²) in [6.07, 6.45) is 0. The van der Waals surface area contributed by atoms with Crippen molar-refractivity contribution in [3.63, 3.8) is 0 Å². The summed E-state index contributed by atoms with van der Waals surface area (Å²) < 4.78 is 0. The predicted octanol–water partition coefficient (Wildman–Crippen LogP) is 4.76. The van der Waals surface area contributed by atoms with Crippen LogP contribution in [0.25, 0.3) is 0 Å². The van der Waals surface area contributed by atoms with E-state index in [-0.39, 0.29) is 0 Å². The third-order valence-corrected chi connectivity index (χ3v) is 1.64. The minimum absolute atomic E-state index is 0.293. The number of hydrogen-bond donors (Lipinski definition) is 0. The van der Waals surface area contributed by atoms with Crippen LogP contribution >= 0.6 is 37.2 Å². The highest BCUT2D eigenvalue weighted by atomic mass is 128. The van der Waals surface area contributed by atoms with E-state index in [1.165, 1.54) is 5.56 Å². The zero-order chi connectivity index (χ0) is 9.61. The molecule has 0 bridgehead atoms. The van der Waals surface area contributed by atoms with Gasteiger partial charge in [0.2, 0.25) is 0 Å². The first-order valence-electron chi connectivity index (χ1n) is 3.80. The number of benzene rings is 1. The van der Waals surface area contributed by atoms with Crippen LogP contribution in [-0.4, -0.2) is 0 Å². The summed E-state index contributed by atoms with van der Waals surface area (Å²) in [7, 11) is 0. The third-order valence-electron chi connectivity index (χ3n) is 1.64. The summed E-state index contributed by atoms with van der Waals surface area (Å²) in [5, 5.41) is 0. The van der Waals surface area contributed by atoms with E-state index in [0.29, 0.717) is 5.41 Å².